The summed E-state index contributed by atoms with van der Waals surface area (Å²) in [5.41, 5.74) is 2.26. The predicted molar refractivity (Wildman–Crippen MR) is 89.5 cm³/mol. The van der Waals surface area contributed by atoms with Crippen molar-refractivity contribution in [3.8, 4) is 0 Å². The Bertz CT molecular complexity index is 558. The minimum absolute atomic E-state index is 0.103. The van der Waals surface area contributed by atoms with Gasteiger partial charge in [-0.25, -0.2) is 4.79 Å². The van der Waals surface area contributed by atoms with Crippen LogP contribution in [0, 0.1) is 12.8 Å². The third kappa shape index (κ3) is 4.47. The lowest BCUT2D eigenvalue weighted by Crippen LogP contribution is -2.48. The van der Waals surface area contributed by atoms with Crippen LogP contribution in [0.5, 0.6) is 0 Å². The molecule has 0 saturated carbocycles. The number of carboxylic acids is 1. The molecule has 1 aromatic rings. The van der Waals surface area contributed by atoms with E-state index in [9.17, 15) is 9.59 Å². The van der Waals surface area contributed by atoms with Gasteiger partial charge in [0.1, 0.15) is 0 Å². The molecule has 1 heterocycles. The summed E-state index contributed by atoms with van der Waals surface area (Å²) in [5.74, 6) is -1.08. The largest absolute Gasteiger partial charge is 0.481 e. The first-order chi connectivity index (χ1) is 10.8. The number of benzene rings is 1. The van der Waals surface area contributed by atoms with Crippen molar-refractivity contribution in [3.05, 3.63) is 35.4 Å². The molecule has 1 saturated heterocycles. The van der Waals surface area contributed by atoms with Gasteiger partial charge in [-0.05, 0) is 25.3 Å². The fourth-order valence-electron chi connectivity index (χ4n) is 2.84. The number of carbonyl (C=O) groups is 2. The normalized spacial score (nSPS) is 16.2. The first kappa shape index (κ1) is 17.3. The van der Waals surface area contributed by atoms with E-state index in [1.807, 2.05) is 0 Å². The molecular formula is C18H26N2O3. The molecule has 1 aliphatic rings. The van der Waals surface area contributed by atoms with Crippen molar-refractivity contribution < 1.29 is 14.7 Å². The van der Waals surface area contributed by atoms with Crippen LogP contribution in [0.25, 0.3) is 0 Å². The van der Waals surface area contributed by atoms with E-state index in [1.54, 1.807) is 4.90 Å². The number of hydrogen-bond donors (Lipinski definition) is 2. The molecule has 2 rings (SSSR count). The van der Waals surface area contributed by atoms with E-state index in [2.05, 4.69) is 50.4 Å². The number of urea groups is 1. The molecule has 126 valence electrons. The third-order valence-electron chi connectivity index (χ3n) is 4.65. The molecule has 0 atom stereocenters. The first-order valence-electron chi connectivity index (χ1n) is 8.12. The maximum atomic E-state index is 12.3. The third-order valence-corrected chi connectivity index (χ3v) is 4.65. The zero-order chi connectivity index (χ0) is 17.0. The highest BCUT2D eigenvalue weighted by atomic mass is 16.4. The average Bonchev–Trinajstić information content (AvgIpc) is 2.53. The summed E-state index contributed by atoms with van der Waals surface area (Å²) < 4.78 is 0. The Morgan fingerprint density at radius 3 is 2.30 bits per heavy atom. The fraction of sp³-hybridized carbons (Fsp3) is 0.556. The molecule has 1 aliphatic heterocycles. The number of nitrogens with one attached hydrogen (secondary N) is 1. The number of carbonyl (C=O) groups excluding carboxylic acids is 1. The van der Waals surface area contributed by atoms with Crippen LogP contribution >= 0.6 is 0 Å². The zero-order valence-corrected chi connectivity index (χ0v) is 14.1. The van der Waals surface area contributed by atoms with E-state index in [0.29, 0.717) is 32.5 Å². The summed E-state index contributed by atoms with van der Waals surface area (Å²) in [5, 5.41) is 12.0. The van der Waals surface area contributed by atoms with Crippen molar-refractivity contribution >= 4 is 12.0 Å². The molecular weight excluding hydrogens is 292 g/mol. The predicted octanol–water partition coefficient (Wildman–Crippen LogP) is 2.78. The molecule has 0 aromatic heterocycles. The molecule has 2 amide bonds. The summed E-state index contributed by atoms with van der Waals surface area (Å²) >= 11 is 0. The van der Waals surface area contributed by atoms with Crippen molar-refractivity contribution in [2.45, 2.75) is 39.0 Å². The molecule has 0 aliphatic carbocycles. The summed E-state index contributed by atoms with van der Waals surface area (Å²) in [4.78, 5) is 24.9. The Morgan fingerprint density at radius 2 is 1.78 bits per heavy atom. The Balaban J connectivity index is 1.86. The van der Waals surface area contributed by atoms with Gasteiger partial charge in [0.2, 0.25) is 0 Å². The highest BCUT2D eigenvalue weighted by Crippen LogP contribution is 2.23. The van der Waals surface area contributed by atoms with Crippen molar-refractivity contribution in [1.29, 1.82) is 0 Å². The number of aryl methyl sites for hydroxylation is 1. The van der Waals surface area contributed by atoms with Crippen molar-refractivity contribution in [3.63, 3.8) is 0 Å². The quantitative estimate of drug-likeness (QED) is 0.897. The number of nitrogens with zero attached hydrogens (tertiary/aromatic N) is 1. The Kier molecular flexibility index (Phi) is 5.29. The van der Waals surface area contributed by atoms with E-state index < -0.39 is 5.97 Å². The highest BCUT2D eigenvalue weighted by Gasteiger charge is 2.28. The molecule has 0 spiro atoms. The monoisotopic (exact) mass is 318 g/mol. The van der Waals surface area contributed by atoms with Crippen molar-refractivity contribution in [1.82, 2.24) is 10.2 Å². The summed E-state index contributed by atoms with van der Waals surface area (Å²) in [6, 6.07) is 8.25. The van der Waals surface area contributed by atoms with Crippen molar-refractivity contribution in [2.75, 3.05) is 19.6 Å². The second-order valence-electron chi connectivity index (χ2n) is 7.01. The van der Waals surface area contributed by atoms with Gasteiger partial charge >= 0.3 is 12.0 Å². The van der Waals surface area contributed by atoms with E-state index in [4.69, 9.17) is 5.11 Å². The smallest absolute Gasteiger partial charge is 0.317 e. The number of aliphatic carboxylic acids is 1. The summed E-state index contributed by atoms with van der Waals surface area (Å²) in [6.45, 7) is 7.83. The zero-order valence-electron chi connectivity index (χ0n) is 14.1. The second-order valence-corrected chi connectivity index (χ2v) is 7.01. The number of piperidine rings is 1. The van der Waals surface area contributed by atoms with Gasteiger partial charge < -0.3 is 15.3 Å². The van der Waals surface area contributed by atoms with Crippen LogP contribution in [-0.2, 0) is 10.2 Å². The molecule has 1 aromatic carbocycles. The van der Waals surface area contributed by atoms with E-state index in [0.717, 1.165) is 0 Å². The van der Waals surface area contributed by atoms with E-state index in [1.165, 1.54) is 11.1 Å². The minimum atomic E-state index is -0.759. The van der Waals surface area contributed by atoms with Crippen LogP contribution in [0.1, 0.15) is 37.8 Å². The van der Waals surface area contributed by atoms with Crippen molar-refractivity contribution in [2.24, 2.45) is 5.92 Å². The van der Waals surface area contributed by atoms with Crippen LogP contribution in [-0.4, -0.2) is 41.6 Å². The first-order valence-corrected chi connectivity index (χ1v) is 8.12. The number of carboxylic acid groups (broad SMARTS) is 1. The maximum absolute atomic E-state index is 12.3. The second kappa shape index (κ2) is 7.02. The Labute approximate surface area is 137 Å². The van der Waals surface area contributed by atoms with E-state index in [-0.39, 0.29) is 17.4 Å². The number of rotatable bonds is 4. The lowest BCUT2D eigenvalue weighted by atomic mass is 9.84. The summed E-state index contributed by atoms with van der Waals surface area (Å²) in [7, 11) is 0. The molecule has 1 fully saturated rings. The standard InChI is InChI=1S/C18H26N2O3/c1-13-4-6-15(7-5-13)18(2,3)12-19-17(23)20-10-8-14(9-11-20)16(21)22/h4-7,14H,8-12H2,1-3H3,(H,19,23)(H,21,22). The molecule has 0 bridgehead atoms. The lowest BCUT2D eigenvalue weighted by Gasteiger charge is -2.32. The highest BCUT2D eigenvalue weighted by molar-refractivity contribution is 5.75. The number of amides is 2. The summed E-state index contributed by atoms with van der Waals surface area (Å²) in [6.07, 6.45) is 1.06. The Morgan fingerprint density at radius 1 is 1.22 bits per heavy atom. The minimum Gasteiger partial charge on any atom is -0.481 e. The van der Waals surface area contributed by atoms with Gasteiger partial charge in [0.25, 0.3) is 0 Å². The number of hydrogen-bond acceptors (Lipinski definition) is 2. The van der Waals surface area contributed by atoms with Crippen LogP contribution in [0.15, 0.2) is 24.3 Å². The molecule has 2 N–H and O–H groups in total. The topological polar surface area (TPSA) is 69.6 Å². The fourth-order valence-corrected chi connectivity index (χ4v) is 2.84. The average molecular weight is 318 g/mol. The molecule has 5 heteroatoms. The maximum Gasteiger partial charge on any atom is 0.317 e. The molecule has 0 radical (unpaired) electrons. The molecule has 0 unspecified atom stereocenters. The van der Waals surface area contributed by atoms with Gasteiger partial charge in [-0.2, -0.15) is 0 Å². The molecule has 5 nitrogen and oxygen atoms in total. The number of likely N-dealkylation sites (tertiary alicyclic amines) is 1. The van der Waals surface area contributed by atoms with Crippen LogP contribution in [0.4, 0.5) is 4.79 Å². The van der Waals surface area contributed by atoms with Gasteiger partial charge in [0.05, 0.1) is 5.92 Å². The van der Waals surface area contributed by atoms with Gasteiger partial charge in [0, 0.05) is 25.0 Å². The molecule has 23 heavy (non-hydrogen) atoms. The van der Waals surface area contributed by atoms with Gasteiger partial charge in [0.15, 0.2) is 0 Å². The van der Waals surface area contributed by atoms with Gasteiger partial charge in [-0.15, -0.1) is 0 Å². The lowest BCUT2D eigenvalue weighted by molar-refractivity contribution is -0.143. The van der Waals surface area contributed by atoms with Gasteiger partial charge in [-0.3, -0.25) is 4.79 Å². The Hall–Kier alpha value is -2.04. The van der Waals surface area contributed by atoms with Crippen LogP contribution < -0.4 is 5.32 Å². The van der Waals surface area contributed by atoms with Gasteiger partial charge in [-0.1, -0.05) is 43.7 Å². The SMILES string of the molecule is Cc1ccc(C(C)(C)CNC(=O)N2CCC(C(=O)O)CC2)cc1. The van der Waals surface area contributed by atoms with Crippen LogP contribution in [0.3, 0.4) is 0 Å². The van der Waals surface area contributed by atoms with E-state index >= 15 is 0 Å². The van der Waals surface area contributed by atoms with Crippen LogP contribution in [0.2, 0.25) is 0 Å².